The van der Waals surface area contributed by atoms with Crippen molar-refractivity contribution in [3.8, 4) is 0 Å². The average Bonchev–Trinajstić information content (AvgIpc) is 2.15. The summed E-state index contributed by atoms with van der Waals surface area (Å²) in [6.45, 7) is 1.36. The van der Waals surface area contributed by atoms with Crippen molar-refractivity contribution < 1.29 is 4.74 Å². The maximum Gasteiger partial charge on any atom is 0.0693 e. The highest BCUT2D eigenvalue weighted by Crippen LogP contribution is 2.11. The lowest BCUT2D eigenvalue weighted by atomic mass is 10.2. The van der Waals surface area contributed by atoms with Crippen LogP contribution in [0.1, 0.15) is 12.8 Å². The van der Waals surface area contributed by atoms with E-state index in [9.17, 15) is 5.21 Å². The van der Waals surface area contributed by atoms with Crippen LogP contribution in [0, 0.1) is 5.21 Å². The Morgan fingerprint density at radius 1 is 1.78 bits per heavy atom. The minimum absolute atomic E-state index is 0.201. The summed E-state index contributed by atoms with van der Waals surface area (Å²) < 4.78 is 5.22. The van der Waals surface area contributed by atoms with Crippen molar-refractivity contribution in [1.82, 2.24) is 5.06 Å². The molecular formula is C6H12NO2-. The zero-order valence-electron chi connectivity index (χ0n) is 5.67. The molecule has 3 nitrogen and oxygen atoms in total. The number of likely N-dealkylation sites (N-methyl/N-ethyl adjacent to an activating group) is 1. The van der Waals surface area contributed by atoms with Crippen LogP contribution in [0.2, 0.25) is 0 Å². The minimum Gasteiger partial charge on any atom is -0.785 e. The predicted octanol–water partition coefficient (Wildman–Crippen LogP) is 0.595. The Kier molecular flexibility index (Phi) is 2.45. The summed E-state index contributed by atoms with van der Waals surface area (Å²) in [6, 6.07) is 0. The van der Waals surface area contributed by atoms with E-state index < -0.39 is 0 Å². The smallest absolute Gasteiger partial charge is 0.0693 e. The van der Waals surface area contributed by atoms with Gasteiger partial charge < -0.3 is 15.0 Å². The summed E-state index contributed by atoms with van der Waals surface area (Å²) in [5.41, 5.74) is 0. The molecule has 54 valence electrons. The molecule has 0 amide bonds. The van der Waals surface area contributed by atoms with Crippen LogP contribution in [-0.2, 0) is 4.74 Å². The SMILES string of the molecule is CN([O-])CC1CCCO1. The molecule has 0 aliphatic carbocycles. The van der Waals surface area contributed by atoms with E-state index in [-0.39, 0.29) is 6.10 Å². The van der Waals surface area contributed by atoms with E-state index in [0.29, 0.717) is 6.54 Å². The molecule has 0 bridgehead atoms. The molecule has 1 saturated heterocycles. The van der Waals surface area contributed by atoms with Crippen molar-refractivity contribution in [3.63, 3.8) is 0 Å². The topological polar surface area (TPSA) is 35.5 Å². The third-order valence-electron chi connectivity index (χ3n) is 1.48. The zero-order chi connectivity index (χ0) is 6.69. The first kappa shape index (κ1) is 6.99. The first-order valence-electron chi connectivity index (χ1n) is 3.29. The molecule has 9 heavy (non-hydrogen) atoms. The van der Waals surface area contributed by atoms with Gasteiger partial charge >= 0.3 is 0 Å². The van der Waals surface area contributed by atoms with E-state index in [2.05, 4.69) is 0 Å². The van der Waals surface area contributed by atoms with Gasteiger partial charge in [-0.1, -0.05) is 0 Å². The Morgan fingerprint density at radius 2 is 2.56 bits per heavy atom. The highest BCUT2D eigenvalue weighted by molar-refractivity contribution is 4.68. The van der Waals surface area contributed by atoms with Crippen LogP contribution in [0.25, 0.3) is 0 Å². The Balaban J connectivity index is 2.11. The summed E-state index contributed by atoms with van der Waals surface area (Å²) in [6.07, 6.45) is 2.36. The fraction of sp³-hybridized carbons (Fsp3) is 1.00. The molecule has 0 N–H and O–H groups in total. The lowest BCUT2D eigenvalue weighted by Crippen LogP contribution is -2.23. The van der Waals surface area contributed by atoms with Crippen molar-refractivity contribution in [1.29, 1.82) is 0 Å². The number of hydrogen-bond acceptors (Lipinski definition) is 3. The second-order valence-electron chi connectivity index (χ2n) is 2.45. The average molecular weight is 130 g/mol. The van der Waals surface area contributed by atoms with E-state index in [1.165, 1.54) is 7.05 Å². The standard InChI is InChI=1S/C6H12NO2/c1-7(8)5-6-3-2-4-9-6/h6H,2-5H2,1H3/q-1. The molecule has 1 rings (SSSR count). The van der Waals surface area contributed by atoms with Gasteiger partial charge in [-0.3, -0.25) is 0 Å². The second-order valence-corrected chi connectivity index (χ2v) is 2.45. The number of nitrogens with zero attached hydrogens (tertiary/aromatic N) is 1. The highest BCUT2D eigenvalue weighted by Gasteiger charge is 2.13. The van der Waals surface area contributed by atoms with Gasteiger partial charge in [0.15, 0.2) is 0 Å². The molecule has 1 aliphatic heterocycles. The van der Waals surface area contributed by atoms with Crippen molar-refractivity contribution in [2.75, 3.05) is 20.2 Å². The lowest BCUT2D eigenvalue weighted by molar-refractivity contribution is 0.0922. The van der Waals surface area contributed by atoms with Crippen LogP contribution in [0.3, 0.4) is 0 Å². The van der Waals surface area contributed by atoms with Crippen LogP contribution in [0.15, 0.2) is 0 Å². The Morgan fingerprint density at radius 3 is 3.00 bits per heavy atom. The number of hydroxylamine groups is 2. The molecule has 1 heterocycles. The molecule has 0 spiro atoms. The summed E-state index contributed by atoms with van der Waals surface area (Å²) >= 11 is 0. The van der Waals surface area contributed by atoms with Crippen molar-refractivity contribution >= 4 is 0 Å². The Bertz CT molecular complexity index is 79.1. The normalized spacial score (nSPS) is 27.7. The zero-order valence-corrected chi connectivity index (χ0v) is 5.67. The Hall–Kier alpha value is -0.120. The van der Waals surface area contributed by atoms with Crippen LogP contribution < -0.4 is 0 Å². The molecular weight excluding hydrogens is 118 g/mol. The van der Waals surface area contributed by atoms with E-state index >= 15 is 0 Å². The highest BCUT2D eigenvalue weighted by atomic mass is 16.5. The lowest BCUT2D eigenvalue weighted by Gasteiger charge is -2.24. The molecule has 0 radical (unpaired) electrons. The monoisotopic (exact) mass is 130 g/mol. The van der Waals surface area contributed by atoms with Gasteiger partial charge in [-0.2, -0.15) is 0 Å². The molecule has 1 unspecified atom stereocenters. The molecule has 0 aromatic heterocycles. The van der Waals surface area contributed by atoms with Crippen molar-refractivity contribution in [2.24, 2.45) is 0 Å². The van der Waals surface area contributed by atoms with Crippen molar-refractivity contribution in [3.05, 3.63) is 5.21 Å². The summed E-state index contributed by atoms with van der Waals surface area (Å²) in [5.74, 6) is 0. The molecule has 1 fully saturated rings. The van der Waals surface area contributed by atoms with E-state index in [4.69, 9.17) is 4.74 Å². The number of ether oxygens (including phenoxy) is 1. The van der Waals surface area contributed by atoms with Gasteiger partial charge in [-0.15, -0.1) is 0 Å². The van der Waals surface area contributed by atoms with E-state index in [1.807, 2.05) is 0 Å². The largest absolute Gasteiger partial charge is 0.785 e. The first-order valence-corrected chi connectivity index (χ1v) is 3.29. The van der Waals surface area contributed by atoms with Crippen LogP contribution in [0.4, 0.5) is 0 Å². The second kappa shape index (κ2) is 3.15. The number of hydrogen-bond donors (Lipinski definition) is 0. The first-order chi connectivity index (χ1) is 4.29. The third-order valence-corrected chi connectivity index (χ3v) is 1.48. The third kappa shape index (κ3) is 2.30. The molecule has 0 aromatic carbocycles. The van der Waals surface area contributed by atoms with E-state index in [0.717, 1.165) is 24.5 Å². The minimum atomic E-state index is 0.201. The van der Waals surface area contributed by atoms with Crippen LogP contribution in [-0.4, -0.2) is 31.4 Å². The molecule has 0 aromatic rings. The molecule has 3 heteroatoms. The molecule has 0 saturated carbocycles. The molecule has 1 atom stereocenters. The predicted molar refractivity (Wildman–Crippen MR) is 35.0 cm³/mol. The van der Waals surface area contributed by atoms with E-state index in [1.54, 1.807) is 0 Å². The summed E-state index contributed by atoms with van der Waals surface area (Å²) in [7, 11) is 1.53. The van der Waals surface area contributed by atoms with Gasteiger partial charge in [0.05, 0.1) is 6.10 Å². The summed E-state index contributed by atoms with van der Waals surface area (Å²) in [4.78, 5) is 0. The number of rotatable bonds is 2. The fourth-order valence-corrected chi connectivity index (χ4v) is 1.08. The quantitative estimate of drug-likeness (QED) is 0.513. The molecule has 1 aliphatic rings. The van der Waals surface area contributed by atoms with Gasteiger partial charge in [0.1, 0.15) is 0 Å². The van der Waals surface area contributed by atoms with Gasteiger partial charge in [-0.25, -0.2) is 0 Å². The Labute approximate surface area is 55.2 Å². The maximum absolute atomic E-state index is 10.4. The van der Waals surface area contributed by atoms with Gasteiger partial charge in [0.25, 0.3) is 0 Å². The van der Waals surface area contributed by atoms with Gasteiger partial charge in [-0.05, 0) is 19.9 Å². The maximum atomic E-state index is 10.4. The van der Waals surface area contributed by atoms with Crippen LogP contribution in [0.5, 0.6) is 0 Å². The fourth-order valence-electron chi connectivity index (χ4n) is 1.08. The van der Waals surface area contributed by atoms with Crippen molar-refractivity contribution in [2.45, 2.75) is 18.9 Å². The van der Waals surface area contributed by atoms with Crippen LogP contribution >= 0.6 is 0 Å². The van der Waals surface area contributed by atoms with Gasteiger partial charge in [0, 0.05) is 13.2 Å². The summed E-state index contributed by atoms with van der Waals surface area (Å²) in [5, 5.41) is 11.4. The van der Waals surface area contributed by atoms with Gasteiger partial charge in [0.2, 0.25) is 0 Å².